The van der Waals surface area contributed by atoms with Crippen LogP contribution in [0, 0.1) is 0 Å². The average molecular weight is 411 g/mol. The summed E-state index contributed by atoms with van der Waals surface area (Å²) in [6.45, 7) is 8.52. The average Bonchev–Trinajstić information content (AvgIpc) is 2.59. The van der Waals surface area contributed by atoms with E-state index in [1.54, 1.807) is 14.2 Å². The lowest BCUT2D eigenvalue weighted by atomic mass is 10.00. The maximum atomic E-state index is 5.92. The van der Waals surface area contributed by atoms with Crippen LogP contribution in [0.25, 0.3) is 10.8 Å². The third-order valence-electron chi connectivity index (χ3n) is 4.31. The van der Waals surface area contributed by atoms with E-state index in [1.165, 1.54) is 0 Å². The molecule has 0 aliphatic carbocycles. The molecule has 0 radical (unpaired) electrons. The van der Waals surface area contributed by atoms with Gasteiger partial charge in [0.1, 0.15) is 0 Å². The van der Waals surface area contributed by atoms with Crippen LogP contribution in [0.1, 0.15) is 38.8 Å². The number of benzene rings is 2. The lowest BCUT2D eigenvalue weighted by molar-refractivity contribution is -0.204. The number of rotatable bonds is 8. The van der Waals surface area contributed by atoms with Gasteiger partial charge < -0.3 is 18.9 Å². The van der Waals surface area contributed by atoms with Gasteiger partial charge in [0, 0.05) is 18.7 Å². The van der Waals surface area contributed by atoms with Crippen molar-refractivity contribution in [3.05, 3.63) is 45.9 Å². The molecule has 2 aromatic rings. The molecule has 0 fully saturated rings. The Kier molecular flexibility index (Phi) is 6.62. The summed E-state index contributed by atoms with van der Waals surface area (Å²) in [5.74, 6) is -1.26. The predicted molar refractivity (Wildman–Crippen MR) is 103 cm³/mol. The Balaban J connectivity index is 2.37. The van der Waals surface area contributed by atoms with Gasteiger partial charge in [0.15, 0.2) is 11.6 Å². The summed E-state index contributed by atoms with van der Waals surface area (Å²) < 4.78 is 23.5. The van der Waals surface area contributed by atoms with Gasteiger partial charge in [-0.05, 0) is 55.7 Å². The van der Waals surface area contributed by atoms with Gasteiger partial charge in [-0.25, -0.2) is 0 Å². The van der Waals surface area contributed by atoms with Gasteiger partial charge in [0.25, 0.3) is 0 Å². The van der Waals surface area contributed by atoms with Crippen LogP contribution in [0.3, 0.4) is 0 Å². The second-order valence-electron chi connectivity index (χ2n) is 6.83. The summed E-state index contributed by atoms with van der Waals surface area (Å²) in [6, 6.07) is 10.4. The number of halogens is 1. The maximum absolute atomic E-state index is 5.92. The molecule has 2 aromatic carbocycles. The Morgan fingerprint density at radius 3 is 1.92 bits per heavy atom. The Morgan fingerprint density at radius 2 is 1.36 bits per heavy atom. The molecule has 0 saturated carbocycles. The minimum atomic E-state index is -0.634. The fourth-order valence-electron chi connectivity index (χ4n) is 2.35. The third-order valence-corrected chi connectivity index (χ3v) is 5.02. The van der Waals surface area contributed by atoms with Crippen molar-refractivity contribution in [2.24, 2.45) is 0 Å². The molecule has 25 heavy (non-hydrogen) atoms. The van der Waals surface area contributed by atoms with E-state index in [0.29, 0.717) is 13.2 Å². The van der Waals surface area contributed by atoms with Crippen LogP contribution in [-0.2, 0) is 32.2 Å². The van der Waals surface area contributed by atoms with Crippen molar-refractivity contribution in [2.75, 3.05) is 14.2 Å². The van der Waals surface area contributed by atoms with Crippen molar-refractivity contribution in [3.63, 3.8) is 0 Å². The first-order valence-corrected chi connectivity index (χ1v) is 9.05. The van der Waals surface area contributed by atoms with Crippen LogP contribution in [0.4, 0.5) is 0 Å². The summed E-state index contributed by atoms with van der Waals surface area (Å²) in [6.07, 6.45) is 0. The largest absolute Gasteiger partial charge is 0.354 e. The first-order valence-electron chi connectivity index (χ1n) is 8.26. The fraction of sp³-hybridized carbons (Fsp3) is 0.500. The molecule has 0 heterocycles. The van der Waals surface area contributed by atoms with E-state index in [2.05, 4.69) is 34.1 Å². The highest BCUT2D eigenvalue weighted by Crippen LogP contribution is 2.32. The molecule has 0 bridgehead atoms. The SMILES string of the molecule is COC(C)(C)OCc1cc(Br)c(COC(C)(C)OC)c2ccccc12. The fourth-order valence-corrected chi connectivity index (χ4v) is 2.96. The molecule has 0 atom stereocenters. The number of hydrogen-bond acceptors (Lipinski definition) is 4. The zero-order chi connectivity index (χ0) is 18.7. The molecule has 2 rings (SSSR count). The molecule has 0 spiro atoms. The van der Waals surface area contributed by atoms with Crippen LogP contribution < -0.4 is 0 Å². The lowest BCUT2D eigenvalue weighted by Crippen LogP contribution is -2.26. The Morgan fingerprint density at radius 1 is 0.840 bits per heavy atom. The summed E-state index contributed by atoms with van der Waals surface area (Å²) >= 11 is 3.69. The van der Waals surface area contributed by atoms with E-state index >= 15 is 0 Å². The second kappa shape index (κ2) is 8.14. The summed E-state index contributed by atoms with van der Waals surface area (Å²) in [7, 11) is 3.29. The summed E-state index contributed by atoms with van der Waals surface area (Å²) in [4.78, 5) is 0. The van der Waals surface area contributed by atoms with E-state index in [9.17, 15) is 0 Å². The van der Waals surface area contributed by atoms with E-state index in [1.807, 2.05) is 39.8 Å². The number of hydrogen-bond donors (Lipinski definition) is 0. The highest BCUT2D eigenvalue weighted by atomic mass is 79.9. The van der Waals surface area contributed by atoms with Crippen LogP contribution in [-0.4, -0.2) is 25.8 Å². The minimum Gasteiger partial charge on any atom is -0.354 e. The standard InChI is InChI=1S/C20H27BrO4/c1-19(2,22-5)24-12-14-11-18(21)17(13-25-20(3,4)23-6)16-10-8-7-9-15(14)16/h7-11H,12-13H2,1-6H3. The highest BCUT2D eigenvalue weighted by Gasteiger charge is 2.20. The smallest absolute Gasteiger partial charge is 0.162 e. The summed E-state index contributed by atoms with van der Waals surface area (Å²) in [5.41, 5.74) is 2.19. The first kappa shape index (κ1) is 20.3. The van der Waals surface area contributed by atoms with Crippen molar-refractivity contribution in [3.8, 4) is 0 Å². The molecular weight excluding hydrogens is 384 g/mol. The zero-order valence-corrected chi connectivity index (χ0v) is 17.4. The van der Waals surface area contributed by atoms with Gasteiger partial charge in [0.2, 0.25) is 0 Å². The zero-order valence-electron chi connectivity index (χ0n) is 15.8. The van der Waals surface area contributed by atoms with Gasteiger partial charge in [-0.3, -0.25) is 0 Å². The topological polar surface area (TPSA) is 36.9 Å². The van der Waals surface area contributed by atoms with Crippen molar-refractivity contribution < 1.29 is 18.9 Å². The van der Waals surface area contributed by atoms with Gasteiger partial charge in [-0.15, -0.1) is 0 Å². The number of fused-ring (bicyclic) bond motifs is 1. The lowest BCUT2D eigenvalue weighted by Gasteiger charge is -2.25. The van der Waals surface area contributed by atoms with Crippen LogP contribution in [0.5, 0.6) is 0 Å². The molecule has 0 unspecified atom stereocenters. The minimum absolute atomic E-state index is 0.451. The van der Waals surface area contributed by atoms with E-state index in [-0.39, 0.29) is 0 Å². The normalized spacial score (nSPS) is 12.8. The van der Waals surface area contributed by atoms with Gasteiger partial charge in [0.05, 0.1) is 13.2 Å². The van der Waals surface area contributed by atoms with Crippen molar-refractivity contribution in [1.29, 1.82) is 0 Å². The Bertz CT molecular complexity index is 725. The Labute approximate surface area is 158 Å². The van der Waals surface area contributed by atoms with Gasteiger partial charge >= 0.3 is 0 Å². The molecule has 0 aliphatic rings. The first-order chi connectivity index (χ1) is 11.7. The molecular formula is C20H27BrO4. The molecule has 0 saturated heterocycles. The number of methoxy groups -OCH3 is 2. The molecule has 5 heteroatoms. The van der Waals surface area contributed by atoms with Crippen molar-refractivity contribution in [1.82, 2.24) is 0 Å². The van der Waals surface area contributed by atoms with Crippen molar-refractivity contribution >= 4 is 26.7 Å². The third kappa shape index (κ3) is 5.25. The van der Waals surface area contributed by atoms with Crippen LogP contribution in [0.15, 0.2) is 34.8 Å². The van der Waals surface area contributed by atoms with Gasteiger partial charge in [-0.2, -0.15) is 0 Å². The van der Waals surface area contributed by atoms with Crippen LogP contribution >= 0.6 is 15.9 Å². The molecule has 4 nitrogen and oxygen atoms in total. The van der Waals surface area contributed by atoms with Gasteiger partial charge in [-0.1, -0.05) is 40.2 Å². The Hall–Kier alpha value is -0.980. The van der Waals surface area contributed by atoms with Crippen molar-refractivity contribution in [2.45, 2.75) is 52.5 Å². The summed E-state index contributed by atoms with van der Waals surface area (Å²) in [5, 5.41) is 2.28. The molecule has 138 valence electrons. The highest BCUT2D eigenvalue weighted by molar-refractivity contribution is 9.10. The molecule has 0 aromatic heterocycles. The monoisotopic (exact) mass is 410 g/mol. The molecule has 0 aliphatic heterocycles. The second-order valence-corrected chi connectivity index (χ2v) is 7.68. The molecule has 0 amide bonds. The maximum Gasteiger partial charge on any atom is 0.162 e. The van der Waals surface area contributed by atoms with E-state index < -0.39 is 11.6 Å². The van der Waals surface area contributed by atoms with Crippen LogP contribution in [0.2, 0.25) is 0 Å². The van der Waals surface area contributed by atoms with E-state index in [0.717, 1.165) is 26.4 Å². The van der Waals surface area contributed by atoms with E-state index in [4.69, 9.17) is 18.9 Å². The number of ether oxygens (including phenoxy) is 4. The predicted octanol–water partition coefficient (Wildman–Crippen LogP) is 5.40. The molecule has 0 N–H and O–H groups in total. The quantitative estimate of drug-likeness (QED) is 0.545.